The topological polar surface area (TPSA) is 75.4 Å². The third-order valence-electron chi connectivity index (χ3n) is 3.55. The summed E-state index contributed by atoms with van der Waals surface area (Å²) in [7, 11) is 0. The highest BCUT2D eigenvalue weighted by Crippen LogP contribution is 2.19. The number of fused-ring (bicyclic) bond motifs is 1. The molecule has 1 N–H and O–H groups in total. The molecule has 0 aliphatic rings. The zero-order valence-corrected chi connectivity index (χ0v) is 14.3. The summed E-state index contributed by atoms with van der Waals surface area (Å²) in [5, 5.41) is 9.00. The Kier molecular flexibility index (Phi) is 5.65. The van der Waals surface area contributed by atoms with E-state index in [1.165, 1.54) is 4.90 Å². The second kappa shape index (κ2) is 7.50. The lowest BCUT2D eigenvalue weighted by molar-refractivity contribution is -0.146. The summed E-state index contributed by atoms with van der Waals surface area (Å²) in [6.07, 6.45) is 1.98. The number of carbonyl (C=O) groups excluding carboxylic acids is 1. The average molecular weight is 335 g/mol. The molecule has 0 aliphatic heterocycles. The maximum absolute atomic E-state index is 12.6. The van der Waals surface area contributed by atoms with Crippen LogP contribution < -0.4 is 0 Å². The van der Waals surface area contributed by atoms with Gasteiger partial charge >= 0.3 is 5.97 Å². The number of hydrogen-bond donors (Lipinski definition) is 1. The van der Waals surface area contributed by atoms with E-state index in [2.05, 4.69) is 4.98 Å². The Balaban J connectivity index is 2.33. The van der Waals surface area contributed by atoms with Crippen LogP contribution in [0.15, 0.2) is 24.3 Å². The molecular formula is C16H21N3O3S. The van der Waals surface area contributed by atoms with E-state index >= 15 is 0 Å². The molecule has 1 heterocycles. The highest BCUT2D eigenvalue weighted by molar-refractivity contribution is 7.97. The molecule has 6 nitrogen and oxygen atoms in total. The minimum atomic E-state index is -1.01. The lowest BCUT2D eigenvalue weighted by atomic mass is 10.3. The van der Waals surface area contributed by atoms with E-state index in [-0.39, 0.29) is 25.0 Å². The fraction of sp³-hybridized carbons (Fsp3) is 0.438. The largest absolute Gasteiger partial charge is 0.480 e. The van der Waals surface area contributed by atoms with Gasteiger partial charge in [-0.25, -0.2) is 4.98 Å². The molecule has 1 amide bonds. The van der Waals surface area contributed by atoms with E-state index in [4.69, 9.17) is 5.11 Å². The molecule has 124 valence electrons. The summed E-state index contributed by atoms with van der Waals surface area (Å²) in [5.41, 5.74) is 1.74. The van der Waals surface area contributed by atoms with E-state index in [1.54, 1.807) is 11.8 Å². The van der Waals surface area contributed by atoms with Crippen molar-refractivity contribution < 1.29 is 14.7 Å². The van der Waals surface area contributed by atoms with Crippen LogP contribution in [-0.2, 0) is 21.9 Å². The Labute approximate surface area is 139 Å². The Hall–Kier alpha value is -2.02. The smallest absolute Gasteiger partial charge is 0.323 e. The molecule has 0 spiro atoms. The quantitative estimate of drug-likeness (QED) is 0.840. The normalized spacial score (nSPS) is 11.1. The van der Waals surface area contributed by atoms with E-state index in [1.807, 2.05) is 48.9 Å². The van der Waals surface area contributed by atoms with E-state index in [0.29, 0.717) is 5.75 Å². The Morgan fingerprint density at radius 3 is 2.65 bits per heavy atom. The number of thioether (sulfide) groups is 1. The number of para-hydroxylation sites is 2. The number of aromatic nitrogens is 2. The van der Waals surface area contributed by atoms with Crippen molar-refractivity contribution in [2.24, 2.45) is 0 Å². The fourth-order valence-corrected chi connectivity index (χ4v) is 2.95. The Morgan fingerprint density at radius 1 is 1.35 bits per heavy atom. The fourth-order valence-electron chi connectivity index (χ4n) is 2.47. The summed E-state index contributed by atoms with van der Waals surface area (Å²) < 4.78 is 1.88. The number of hydrogen-bond acceptors (Lipinski definition) is 4. The molecule has 0 fully saturated rings. The number of aliphatic carboxylic acids is 1. The van der Waals surface area contributed by atoms with E-state index < -0.39 is 5.97 Å². The molecule has 0 saturated carbocycles. The molecule has 2 aromatic rings. The number of carboxylic acid groups (broad SMARTS) is 1. The van der Waals surface area contributed by atoms with Gasteiger partial charge in [-0.05, 0) is 32.2 Å². The first-order valence-corrected chi connectivity index (χ1v) is 8.77. The zero-order chi connectivity index (χ0) is 17.0. The third-order valence-corrected chi connectivity index (χ3v) is 4.10. The highest BCUT2D eigenvalue weighted by atomic mass is 32.2. The number of amides is 1. The van der Waals surface area contributed by atoms with Gasteiger partial charge in [0.2, 0.25) is 5.91 Å². The molecule has 1 aromatic heterocycles. The van der Waals surface area contributed by atoms with Crippen molar-refractivity contribution in [2.75, 3.05) is 12.8 Å². The summed E-state index contributed by atoms with van der Waals surface area (Å²) >= 11 is 1.63. The van der Waals surface area contributed by atoms with Crippen LogP contribution in [-0.4, -0.2) is 50.3 Å². The first-order valence-electron chi connectivity index (χ1n) is 7.38. The molecule has 0 saturated heterocycles. The standard InChI is InChI=1S/C16H21N3O3S/c1-11(2)18(9-16(21)22)15(20)8-19-13-7-5-4-6-12(13)17-14(19)10-23-3/h4-7,11H,8-10H2,1-3H3,(H,21,22). The monoisotopic (exact) mass is 335 g/mol. The summed E-state index contributed by atoms with van der Waals surface area (Å²) in [4.78, 5) is 29.5. The van der Waals surface area contributed by atoms with Crippen molar-refractivity contribution in [1.29, 1.82) is 0 Å². The minimum absolute atomic E-state index is 0.0991. The summed E-state index contributed by atoms with van der Waals surface area (Å²) in [6.45, 7) is 3.44. The molecule has 0 unspecified atom stereocenters. The van der Waals surface area contributed by atoms with Crippen molar-refractivity contribution in [1.82, 2.24) is 14.5 Å². The van der Waals surface area contributed by atoms with Gasteiger partial charge in [-0.15, -0.1) is 0 Å². The van der Waals surface area contributed by atoms with Crippen LogP contribution in [0.4, 0.5) is 0 Å². The van der Waals surface area contributed by atoms with Crippen LogP contribution in [0, 0.1) is 0 Å². The number of carboxylic acids is 1. The number of benzene rings is 1. The molecular weight excluding hydrogens is 314 g/mol. The molecule has 7 heteroatoms. The average Bonchev–Trinajstić information content (AvgIpc) is 2.82. The summed E-state index contributed by atoms with van der Waals surface area (Å²) in [6, 6.07) is 7.49. The highest BCUT2D eigenvalue weighted by Gasteiger charge is 2.22. The van der Waals surface area contributed by atoms with Crippen LogP contribution in [0.25, 0.3) is 11.0 Å². The van der Waals surface area contributed by atoms with E-state index in [9.17, 15) is 9.59 Å². The van der Waals surface area contributed by atoms with Crippen LogP contribution in [0.3, 0.4) is 0 Å². The van der Waals surface area contributed by atoms with Crippen LogP contribution in [0.5, 0.6) is 0 Å². The molecule has 1 aromatic carbocycles. The first-order chi connectivity index (χ1) is 10.9. The van der Waals surface area contributed by atoms with Gasteiger partial charge in [-0.2, -0.15) is 11.8 Å². The van der Waals surface area contributed by atoms with Gasteiger partial charge in [0.15, 0.2) is 0 Å². The molecule has 0 radical (unpaired) electrons. The number of rotatable bonds is 7. The van der Waals surface area contributed by atoms with Gasteiger partial charge in [0, 0.05) is 6.04 Å². The minimum Gasteiger partial charge on any atom is -0.480 e. The maximum Gasteiger partial charge on any atom is 0.323 e. The molecule has 2 rings (SSSR count). The maximum atomic E-state index is 12.6. The van der Waals surface area contributed by atoms with Crippen molar-refractivity contribution >= 4 is 34.7 Å². The van der Waals surface area contributed by atoms with Crippen molar-refractivity contribution in [3.8, 4) is 0 Å². The molecule has 23 heavy (non-hydrogen) atoms. The van der Waals surface area contributed by atoms with Gasteiger partial charge in [0.05, 0.1) is 16.8 Å². The lowest BCUT2D eigenvalue weighted by Gasteiger charge is -2.25. The molecule has 0 atom stereocenters. The summed E-state index contributed by atoms with van der Waals surface area (Å²) in [5.74, 6) is 0.300. The number of carbonyl (C=O) groups is 2. The van der Waals surface area contributed by atoms with E-state index in [0.717, 1.165) is 16.9 Å². The van der Waals surface area contributed by atoms with Gasteiger partial charge in [-0.1, -0.05) is 12.1 Å². The Morgan fingerprint density at radius 2 is 2.04 bits per heavy atom. The second-order valence-electron chi connectivity index (χ2n) is 5.55. The van der Waals surface area contributed by atoms with Crippen molar-refractivity contribution in [3.05, 3.63) is 30.1 Å². The zero-order valence-electron chi connectivity index (χ0n) is 13.5. The number of imidazole rings is 1. The molecule has 0 bridgehead atoms. The SMILES string of the molecule is CSCc1nc2ccccc2n1CC(=O)N(CC(=O)O)C(C)C. The number of nitrogens with zero attached hydrogens (tertiary/aromatic N) is 3. The van der Waals surface area contributed by atoms with Crippen molar-refractivity contribution in [2.45, 2.75) is 32.2 Å². The predicted molar refractivity (Wildman–Crippen MR) is 91.4 cm³/mol. The third kappa shape index (κ3) is 4.04. The second-order valence-corrected chi connectivity index (χ2v) is 6.41. The van der Waals surface area contributed by atoms with Gasteiger partial charge in [0.1, 0.15) is 18.9 Å². The Bertz CT molecular complexity index is 712. The molecule has 0 aliphatic carbocycles. The van der Waals surface area contributed by atoms with Crippen molar-refractivity contribution in [3.63, 3.8) is 0 Å². The van der Waals surface area contributed by atoms with Gasteiger partial charge in [-0.3, -0.25) is 9.59 Å². The van der Waals surface area contributed by atoms with Crippen LogP contribution >= 0.6 is 11.8 Å². The van der Waals surface area contributed by atoms with Crippen LogP contribution in [0.1, 0.15) is 19.7 Å². The lowest BCUT2D eigenvalue weighted by Crippen LogP contribution is -2.42. The van der Waals surface area contributed by atoms with Gasteiger partial charge < -0.3 is 14.6 Å². The van der Waals surface area contributed by atoms with Gasteiger partial charge in [0.25, 0.3) is 0 Å². The van der Waals surface area contributed by atoms with Crippen LogP contribution in [0.2, 0.25) is 0 Å². The predicted octanol–water partition coefficient (Wildman–Crippen LogP) is 2.22. The first kappa shape index (κ1) is 17.3.